The van der Waals surface area contributed by atoms with Crippen LogP contribution in [0.1, 0.15) is 17.3 Å². The van der Waals surface area contributed by atoms with Crippen molar-refractivity contribution in [3.05, 3.63) is 52.9 Å². The van der Waals surface area contributed by atoms with Crippen molar-refractivity contribution >= 4 is 34.1 Å². The molecule has 0 spiro atoms. The Hall–Kier alpha value is -2.67. The highest BCUT2D eigenvalue weighted by Gasteiger charge is 2.19. The fourth-order valence-electron chi connectivity index (χ4n) is 2.41. The van der Waals surface area contributed by atoms with Gasteiger partial charge in [0.15, 0.2) is 0 Å². The van der Waals surface area contributed by atoms with Gasteiger partial charge in [0.25, 0.3) is 0 Å². The van der Waals surface area contributed by atoms with Gasteiger partial charge in [0.05, 0.1) is 24.2 Å². The molecule has 7 heteroatoms. The van der Waals surface area contributed by atoms with Crippen molar-refractivity contribution in [1.82, 2.24) is 15.1 Å². The van der Waals surface area contributed by atoms with Gasteiger partial charge in [-0.05, 0) is 17.5 Å². The van der Waals surface area contributed by atoms with Crippen molar-refractivity contribution < 1.29 is 14.7 Å². The Morgan fingerprint density at radius 1 is 1.26 bits per heavy atom. The Morgan fingerprint density at radius 2 is 2.09 bits per heavy atom. The van der Waals surface area contributed by atoms with Gasteiger partial charge in [-0.25, -0.2) is 0 Å². The number of nitrogens with one attached hydrogen (secondary N) is 1. The number of carbonyl (C=O) groups is 2. The monoisotopic (exact) mass is 329 g/mol. The van der Waals surface area contributed by atoms with Gasteiger partial charge in [0.2, 0.25) is 5.91 Å². The zero-order chi connectivity index (χ0) is 16.2. The molecule has 0 fully saturated rings. The lowest BCUT2D eigenvalue weighted by molar-refractivity contribution is -0.137. The first-order valence-corrected chi connectivity index (χ1v) is 7.96. The quantitative estimate of drug-likeness (QED) is 0.727. The lowest BCUT2D eigenvalue weighted by atomic mass is 10.1. The molecule has 1 aromatic carbocycles. The normalized spacial score (nSPS) is 12.2. The van der Waals surface area contributed by atoms with Crippen LogP contribution < -0.4 is 5.32 Å². The number of aromatic nitrogens is 2. The molecule has 2 heterocycles. The van der Waals surface area contributed by atoms with E-state index in [0.717, 1.165) is 15.8 Å². The van der Waals surface area contributed by atoms with Crippen molar-refractivity contribution in [2.45, 2.75) is 19.0 Å². The molecule has 0 aliphatic carbocycles. The number of para-hydroxylation sites is 1. The molecule has 0 unspecified atom stereocenters. The van der Waals surface area contributed by atoms with Crippen LogP contribution in [0.4, 0.5) is 0 Å². The maximum absolute atomic E-state index is 12.3. The molecule has 0 saturated heterocycles. The van der Waals surface area contributed by atoms with Crippen molar-refractivity contribution in [3.63, 3.8) is 0 Å². The van der Waals surface area contributed by atoms with Crippen LogP contribution in [-0.4, -0.2) is 26.8 Å². The van der Waals surface area contributed by atoms with E-state index in [4.69, 9.17) is 5.11 Å². The summed E-state index contributed by atoms with van der Waals surface area (Å²) in [6.45, 7) is 0.0506. The van der Waals surface area contributed by atoms with E-state index in [9.17, 15) is 9.59 Å². The zero-order valence-corrected chi connectivity index (χ0v) is 13.0. The average molecular weight is 329 g/mol. The first kappa shape index (κ1) is 15.2. The summed E-state index contributed by atoms with van der Waals surface area (Å²) in [6.07, 6.45) is 1.56. The fraction of sp³-hybridized carbons (Fsp3) is 0.188. The first-order chi connectivity index (χ1) is 11.1. The van der Waals surface area contributed by atoms with Gasteiger partial charge < -0.3 is 10.4 Å². The highest BCUT2D eigenvalue weighted by atomic mass is 32.1. The number of nitrogens with zero attached hydrogens (tertiary/aromatic N) is 2. The van der Waals surface area contributed by atoms with Crippen molar-refractivity contribution in [1.29, 1.82) is 0 Å². The van der Waals surface area contributed by atoms with E-state index in [1.54, 1.807) is 10.9 Å². The van der Waals surface area contributed by atoms with E-state index in [-0.39, 0.29) is 18.9 Å². The number of rotatable bonds is 6. The highest BCUT2D eigenvalue weighted by molar-refractivity contribution is 7.10. The third-order valence-corrected chi connectivity index (χ3v) is 4.43. The molecule has 1 atom stereocenters. The molecule has 1 amide bonds. The summed E-state index contributed by atoms with van der Waals surface area (Å²) in [5.74, 6) is -1.22. The molecule has 0 radical (unpaired) electrons. The van der Waals surface area contributed by atoms with E-state index >= 15 is 0 Å². The summed E-state index contributed by atoms with van der Waals surface area (Å²) in [6, 6.07) is 10.7. The van der Waals surface area contributed by atoms with E-state index < -0.39 is 12.0 Å². The second-order valence-corrected chi connectivity index (χ2v) is 6.07. The zero-order valence-electron chi connectivity index (χ0n) is 12.2. The predicted octanol–water partition coefficient (Wildman–Crippen LogP) is 2.43. The van der Waals surface area contributed by atoms with Gasteiger partial charge >= 0.3 is 5.97 Å². The summed E-state index contributed by atoms with van der Waals surface area (Å²) in [7, 11) is 0. The van der Waals surface area contributed by atoms with Crippen LogP contribution >= 0.6 is 11.3 Å². The van der Waals surface area contributed by atoms with Crippen LogP contribution in [0.3, 0.4) is 0 Å². The number of carbonyl (C=O) groups excluding carboxylic acids is 1. The van der Waals surface area contributed by atoms with Gasteiger partial charge in [0, 0.05) is 10.3 Å². The predicted molar refractivity (Wildman–Crippen MR) is 87.2 cm³/mol. The number of hydrogen-bond donors (Lipinski definition) is 2. The molecule has 0 saturated carbocycles. The SMILES string of the molecule is O=C(O)C[C@@H](NC(=O)Cn1ncc2ccccc21)c1cccs1. The Kier molecular flexibility index (Phi) is 4.38. The van der Waals surface area contributed by atoms with Gasteiger partial charge in [-0.1, -0.05) is 24.3 Å². The molecule has 3 rings (SSSR count). The number of hydrogen-bond acceptors (Lipinski definition) is 4. The van der Waals surface area contributed by atoms with E-state index in [2.05, 4.69) is 10.4 Å². The second-order valence-electron chi connectivity index (χ2n) is 5.09. The molecule has 2 aromatic heterocycles. The smallest absolute Gasteiger partial charge is 0.305 e. The molecule has 2 N–H and O–H groups in total. The molecule has 0 aliphatic rings. The minimum absolute atomic E-state index is 0.0506. The van der Waals surface area contributed by atoms with Gasteiger partial charge in [-0.15, -0.1) is 11.3 Å². The molecule has 118 valence electrons. The topological polar surface area (TPSA) is 84.2 Å². The number of aliphatic carboxylic acids is 1. The summed E-state index contributed by atoms with van der Waals surface area (Å²) in [5, 5.41) is 18.8. The number of amides is 1. The van der Waals surface area contributed by atoms with E-state index in [0.29, 0.717) is 0 Å². The van der Waals surface area contributed by atoms with Crippen LogP contribution in [0.25, 0.3) is 10.9 Å². The standard InChI is InChI=1S/C16H15N3O3S/c20-15(10-19-13-5-2-1-4-11(13)9-17-19)18-12(8-16(21)22)14-6-3-7-23-14/h1-7,9,12H,8,10H2,(H,18,20)(H,21,22)/t12-/m1/s1. The van der Waals surface area contributed by atoms with E-state index in [1.165, 1.54) is 11.3 Å². The number of carboxylic acid groups (broad SMARTS) is 1. The van der Waals surface area contributed by atoms with Crippen molar-refractivity contribution in [2.24, 2.45) is 0 Å². The summed E-state index contributed by atoms with van der Waals surface area (Å²) in [5.41, 5.74) is 0.869. The second kappa shape index (κ2) is 6.62. The fourth-order valence-corrected chi connectivity index (χ4v) is 3.19. The van der Waals surface area contributed by atoms with Crippen LogP contribution in [0.2, 0.25) is 0 Å². The number of carboxylic acids is 1. The molecule has 0 bridgehead atoms. The van der Waals surface area contributed by atoms with Gasteiger partial charge in [0.1, 0.15) is 6.54 Å². The molecular formula is C16H15N3O3S. The van der Waals surface area contributed by atoms with Crippen molar-refractivity contribution in [2.75, 3.05) is 0 Å². The van der Waals surface area contributed by atoms with Crippen LogP contribution in [0, 0.1) is 0 Å². The van der Waals surface area contributed by atoms with Crippen LogP contribution in [-0.2, 0) is 16.1 Å². The minimum atomic E-state index is -0.951. The lowest BCUT2D eigenvalue weighted by Gasteiger charge is -2.15. The Labute approximate surface area is 136 Å². The third kappa shape index (κ3) is 3.57. The maximum atomic E-state index is 12.3. The molecular weight excluding hydrogens is 314 g/mol. The van der Waals surface area contributed by atoms with Gasteiger partial charge in [-0.2, -0.15) is 5.10 Å². The largest absolute Gasteiger partial charge is 0.481 e. The summed E-state index contributed by atoms with van der Waals surface area (Å²) in [4.78, 5) is 24.1. The highest BCUT2D eigenvalue weighted by Crippen LogP contribution is 2.22. The van der Waals surface area contributed by atoms with Crippen LogP contribution in [0.5, 0.6) is 0 Å². The molecule has 6 nitrogen and oxygen atoms in total. The van der Waals surface area contributed by atoms with Crippen LogP contribution in [0.15, 0.2) is 48.0 Å². The Balaban J connectivity index is 1.73. The third-order valence-electron chi connectivity index (χ3n) is 3.45. The maximum Gasteiger partial charge on any atom is 0.305 e. The van der Waals surface area contributed by atoms with Gasteiger partial charge in [-0.3, -0.25) is 14.3 Å². The molecule has 3 aromatic rings. The molecule has 0 aliphatic heterocycles. The number of thiophene rings is 1. The van der Waals surface area contributed by atoms with E-state index in [1.807, 2.05) is 41.8 Å². The lowest BCUT2D eigenvalue weighted by Crippen LogP contribution is -2.32. The molecule has 23 heavy (non-hydrogen) atoms. The average Bonchev–Trinajstić information content (AvgIpc) is 3.16. The number of fused-ring (bicyclic) bond motifs is 1. The Morgan fingerprint density at radius 3 is 2.83 bits per heavy atom. The summed E-state index contributed by atoms with van der Waals surface area (Å²) >= 11 is 1.43. The van der Waals surface area contributed by atoms with Crippen molar-refractivity contribution in [3.8, 4) is 0 Å². The number of benzene rings is 1. The minimum Gasteiger partial charge on any atom is -0.481 e. The summed E-state index contributed by atoms with van der Waals surface area (Å²) < 4.78 is 1.61. The Bertz CT molecular complexity index is 826. The first-order valence-electron chi connectivity index (χ1n) is 7.08.